The van der Waals surface area contributed by atoms with E-state index in [2.05, 4.69) is 4.98 Å². The molecule has 0 spiro atoms. The zero-order valence-corrected chi connectivity index (χ0v) is 19.2. The number of hydrogen-bond donors (Lipinski definition) is 1. The zero-order chi connectivity index (χ0) is 24.1. The highest BCUT2D eigenvalue weighted by Gasteiger charge is 2.45. The van der Waals surface area contributed by atoms with Crippen LogP contribution in [0.25, 0.3) is 5.76 Å². The lowest BCUT2D eigenvalue weighted by Gasteiger charge is -2.26. The molecule has 0 bridgehead atoms. The summed E-state index contributed by atoms with van der Waals surface area (Å²) in [5.41, 5.74) is 2.28. The second-order valence-corrected chi connectivity index (χ2v) is 8.37. The van der Waals surface area contributed by atoms with Gasteiger partial charge in [0.15, 0.2) is 0 Å². The Labute approximate surface area is 198 Å². The van der Waals surface area contributed by atoms with Crippen molar-refractivity contribution in [3.63, 3.8) is 0 Å². The summed E-state index contributed by atoms with van der Waals surface area (Å²) in [7, 11) is 3.80. The van der Waals surface area contributed by atoms with Crippen LogP contribution >= 0.6 is 0 Å². The van der Waals surface area contributed by atoms with Gasteiger partial charge in [-0.1, -0.05) is 30.3 Å². The molecular weight excluding hydrogens is 430 g/mol. The van der Waals surface area contributed by atoms with Gasteiger partial charge in [0.25, 0.3) is 11.7 Å². The lowest BCUT2D eigenvalue weighted by Crippen LogP contribution is -2.35. The van der Waals surface area contributed by atoms with Gasteiger partial charge in [0.1, 0.15) is 18.1 Å². The maximum absolute atomic E-state index is 13.0. The van der Waals surface area contributed by atoms with Crippen LogP contribution in [0.1, 0.15) is 22.7 Å². The summed E-state index contributed by atoms with van der Waals surface area (Å²) < 4.78 is 5.81. The lowest BCUT2D eigenvalue weighted by molar-refractivity contribution is -0.140. The van der Waals surface area contributed by atoms with E-state index in [4.69, 9.17) is 4.74 Å². The Morgan fingerprint density at radius 1 is 1.00 bits per heavy atom. The van der Waals surface area contributed by atoms with Crippen molar-refractivity contribution in [1.82, 2.24) is 14.8 Å². The van der Waals surface area contributed by atoms with Gasteiger partial charge in [0, 0.05) is 31.0 Å². The van der Waals surface area contributed by atoms with E-state index in [0.717, 1.165) is 11.1 Å². The van der Waals surface area contributed by atoms with E-state index in [9.17, 15) is 14.7 Å². The SMILES string of the molecule is CN(C)CCN1C(=O)C(=O)/C(=C(\O)c2ccc(OCc3ccccc3)cc2)[C@@H]1c1ccncc1. The number of hydrogen-bond acceptors (Lipinski definition) is 6. The molecule has 0 aliphatic carbocycles. The van der Waals surface area contributed by atoms with E-state index in [1.54, 1.807) is 48.8 Å². The predicted molar refractivity (Wildman–Crippen MR) is 129 cm³/mol. The molecule has 0 unspecified atom stereocenters. The fraction of sp³-hybridized carbons (Fsp3) is 0.222. The van der Waals surface area contributed by atoms with E-state index in [-0.39, 0.29) is 11.3 Å². The number of amides is 1. The number of likely N-dealkylation sites (tertiary alicyclic amines) is 1. The van der Waals surface area contributed by atoms with Gasteiger partial charge in [-0.25, -0.2) is 0 Å². The molecule has 2 aromatic carbocycles. The highest BCUT2D eigenvalue weighted by molar-refractivity contribution is 6.46. The summed E-state index contributed by atoms with van der Waals surface area (Å²) in [6, 6.07) is 19.5. The van der Waals surface area contributed by atoms with Crippen molar-refractivity contribution in [3.05, 3.63) is 101 Å². The third-order valence-electron chi connectivity index (χ3n) is 5.73. The van der Waals surface area contributed by atoms with Crippen LogP contribution in [0.4, 0.5) is 0 Å². The van der Waals surface area contributed by atoms with Crippen molar-refractivity contribution in [2.75, 3.05) is 27.2 Å². The Kier molecular flexibility index (Phi) is 7.04. The molecule has 1 aromatic heterocycles. The van der Waals surface area contributed by atoms with Crippen molar-refractivity contribution in [1.29, 1.82) is 0 Å². The predicted octanol–water partition coefficient (Wildman–Crippen LogP) is 3.64. The summed E-state index contributed by atoms with van der Waals surface area (Å²) in [5.74, 6) is -0.879. The Balaban J connectivity index is 1.63. The van der Waals surface area contributed by atoms with E-state index >= 15 is 0 Å². The first-order valence-electron chi connectivity index (χ1n) is 11.1. The van der Waals surface area contributed by atoms with Crippen molar-refractivity contribution in [2.24, 2.45) is 0 Å². The number of aliphatic hydroxyl groups is 1. The number of pyridine rings is 1. The molecule has 174 valence electrons. The minimum atomic E-state index is -0.692. The van der Waals surface area contributed by atoms with Gasteiger partial charge < -0.3 is 19.6 Å². The highest BCUT2D eigenvalue weighted by atomic mass is 16.5. The van der Waals surface area contributed by atoms with Crippen molar-refractivity contribution < 1.29 is 19.4 Å². The van der Waals surface area contributed by atoms with Crippen molar-refractivity contribution in [2.45, 2.75) is 12.6 Å². The van der Waals surface area contributed by atoms with Crippen LogP contribution < -0.4 is 4.74 Å². The second-order valence-electron chi connectivity index (χ2n) is 8.37. The van der Waals surface area contributed by atoms with Gasteiger partial charge >= 0.3 is 0 Å². The Hall–Kier alpha value is -3.97. The van der Waals surface area contributed by atoms with E-state index in [1.807, 2.05) is 49.3 Å². The Morgan fingerprint density at radius 2 is 1.68 bits per heavy atom. The van der Waals surface area contributed by atoms with Crippen molar-refractivity contribution in [3.8, 4) is 5.75 Å². The highest BCUT2D eigenvalue weighted by Crippen LogP contribution is 2.39. The molecule has 34 heavy (non-hydrogen) atoms. The smallest absolute Gasteiger partial charge is 0.295 e. The molecule has 1 amide bonds. The molecule has 1 atom stereocenters. The van der Waals surface area contributed by atoms with E-state index in [0.29, 0.717) is 31.0 Å². The number of aromatic nitrogens is 1. The quantitative estimate of drug-likeness (QED) is 0.316. The van der Waals surface area contributed by atoms with Gasteiger partial charge in [-0.05, 0) is 61.6 Å². The zero-order valence-electron chi connectivity index (χ0n) is 19.2. The Bertz CT molecular complexity index is 1180. The molecule has 7 heteroatoms. The lowest BCUT2D eigenvalue weighted by atomic mass is 9.96. The molecule has 4 rings (SSSR count). The third-order valence-corrected chi connectivity index (χ3v) is 5.73. The first-order chi connectivity index (χ1) is 16.5. The van der Waals surface area contributed by atoms with Gasteiger partial charge in [-0.2, -0.15) is 0 Å². The number of likely N-dealkylation sites (N-methyl/N-ethyl adjacent to an activating group) is 1. The summed E-state index contributed by atoms with van der Waals surface area (Å²) in [6.45, 7) is 1.36. The third kappa shape index (κ3) is 5.00. The normalized spacial score (nSPS) is 17.4. The number of ether oxygens (including phenoxy) is 1. The van der Waals surface area contributed by atoms with Gasteiger partial charge in [0.2, 0.25) is 0 Å². The molecule has 7 nitrogen and oxygen atoms in total. The minimum Gasteiger partial charge on any atom is -0.507 e. The van der Waals surface area contributed by atoms with Crippen molar-refractivity contribution >= 4 is 17.4 Å². The van der Waals surface area contributed by atoms with E-state index in [1.165, 1.54) is 4.90 Å². The standard InChI is InChI=1S/C27H27N3O4/c1-29(2)16-17-30-24(20-12-14-28-15-13-20)23(26(32)27(30)33)25(31)21-8-10-22(11-9-21)34-18-19-6-4-3-5-7-19/h3-15,24,31H,16-18H2,1-2H3/b25-23-/t24-/m0/s1. The van der Waals surface area contributed by atoms with Crippen LogP contribution in [0.2, 0.25) is 0 Å². The van der Waals surface area contributed by atoms with Crippen LogP contribution in [0, 0.1) is 0 Å². The molecule has 1 N–H and O–H groups in total. The summed E-state index contributed by atoms with van der Waals surface area (Å²) in [6.07, 6.45) is 3.22. The van der Waals surface area contributed by atoms with Crippen LogP contribution in [-0.2, 0) is 16.2 Å². The number of aliphatic hydroxyl groups excluding tert-OH is 1. The second kappa shape index (κ2) is 10.3. The molecule has 1 aliphatic rings. The number of carbonyl (C=O) groups excluding carboxylic acids is 2. The number of Topliss-reactive ketones (excluding diaryl/α,β-unsaturated/α-hetero) is 1. The van der Waals surface area contributed by atoms with Gasteiger partial charge in [-0.15, -0.1) is 0 Å². The van der Waals surface area contributed by atoms with Crippen LogP contribution in [0.5, 0.6) is 5.75 Å². The summed E-state index contributed by atoms with van der Waals surface area (Å²) >= 11 is 0. The molecule has 0 saturated carbocycles. The number of ketones is 1. The largest absolute Gasteiger partial charge is 0.507 e. The Morgan fingerprint density at radius 3 is 2.32 bits per heavy atom. The number of rotatable bonds is 8. The molecule has 1 aliphatic heterocycles. The topological polar surface area (TPSA) is 83.0 Å². The number of nitrogens with zero attached hydrogens (tertiary/aromatic N) is 3. The minimum absolute atomic E-state index is 0.0768. The number of benzene rings is 2. The molecule has 1 fully saturated rings. The van der Waals surface area contributed by atoms with Gasteiger partial charge in [0.05, 0.1) is 11.6 Å². The number of carbonyl (C=O) groups is 2. The first kappa shape index (κ1) is 23.2. The maximum atomic E-state index is 13.0. The maximum Gasteiger partial charge on any atom is 0.295 e. The first-order valence-corrected chi connectivity index (χ1v) is 11.1. The average Bonchev–Trinajstić information content (AvgIpc) is 3.12. The summed E-state index contributed by atoms with van der Waals surface area (Å²) in [5, 5.41) is 11.1. The average molecular weight is 458 g/mol. The molecule has 2 heterocycles. The molecule has 1 saturated heterocycles. The summed E-state index contributed by atoms with van der Waals surface area (Å²) in [4.78, 5) is 33.4. The van der Waals surface area contributed by atoms with Gasteiger partial charge in [-0.3, -0.25) is 14.6 Å². The molecular formula is C27H27N3O4. The van der Waals surface area contributed by atoms with E-state index < -0.39 is 17.7 Å². The molecule has 3 aromatic rings. The van der Waals surface area contributed by atoms with Crippen LogP contribution in [-0.4, -0.2) is 58.8 Å². The fourth-order valence-corrected chi connectivity index (χ4v) is 3.92. The monoisotopic (exact) mass is 457 g/mol. The molecule has 0 radical (unpaired) electrons. The van der Waals surface area contributed by atoms with Crippen LogP contribution in [0.15, 0.2) is 84.7 Å². The fourth-order valence-electron chi connectivity index (χ4n) is 3.92. The van der Waals surface area contributed by atoms with Crippen LogP contribution in [0.3, 0.4) is 0 Å².